The number of hydrogen-bond acceptors (Lipinski definition) is 4. The molecular formula is C29H31F2NO4. The molecule has 0 unspecified atom stereocenters. The average molecular weight is 496 g/mol. The Bertz CT molecular complexity index is 1230. The lowest BCUT2D eigenvalue weighted by Gasteiger charge is -2.29. The zero-order chi connectivity index (χ0) is 26.2. The highest BCUT2D eigenvalue weighted by atomic mass is 19.1. The third kappa shape index (κ3) is 6.62. The van der Waals surface area contributed by atoms with E-state index in [1.165, 1.54) is 24.3 Å². The van der Waals surface area contributed by atoms with Gasteiger partial charge < -0.3 is 19.5 Å². The third-order valence-electron chi connectivity index (χ3n) is 5.85. The summed E-state index contributed by atoms with van der Waals surface area (Å²) in [7, 11) is 0. The highest BCUT2D eigenvalue weighted by Gasteiger charge is 2.18. The maximum absolute atomic E-state index is 14.5. The molecule has 0 saturated carbocycles. The molecule has 0 aromatic heterocycles. The number of halogens is 2. The largest absolute Gasteiger partial charge is 0.493 e. The first kappa shape index (κ1) is 26.7. The summed E-state index contributed by atoms with van der Waals surface area (Å²) < 4.78 is 40.5. The molecule has 0 aliphatic heterocycles. The van der Waals surface area contributed by atoms with Crippen molar-refractivity contribution in [2.24, 2.45) is 0 Å². The number of benzene rings is 3. The SMILES string of the molecule is CCOc1cc(OCC(CN(Cc2c(F)cccc2F)c2ccccc2C)=C(C)C)ccc1C(=O)O. The van der Waals surface area contributed by atoms with E-state index in [1.54, 1.807) is 19.1 Å². The Hall–Kier alpha value is -3.87. The van der Waals surface area contributed by atoms with Gasteiger partial charge in [0, 0.05) is 30.4 Å². The van der Waals surface area contributed by atoms with Crippen molar-refractivity contribution in [1.82, 2.24) is 0 Å². The van der Waals surface area contributed by atoms with Gasteiger partial charge in [0.1, 0.15) is 35.3 Å². The monoisotopic (exact) mass is 495 g/mol. The molecule has 0 saturated heterocycles. The number of nitrogens with zero attached hydrogens (tertiary/aromatic N) is 1. The zero-order valence-electron chi connectivity index (χ0n) is 21.0. The van der Waals surface area contributed by atoms with Gasteiger partial charge in [-0.25, -0.2) is 13.6 Å². The van der Waals surface area contributed by atoms with Crippen molar-refractivity contribution in [1.29, 1.82) is 0 Å². The molecule has 3 aromatic carbocycles. The van der Waals surface area contributed by atoms with Gasteiger partial charge >= 0.3 is 5.97 Å². The molecule has 5 nitrogen and oxygen atoms in total. The quantitative estimate of drug-likeness (QED) is 0.297. The van der Waals surface area contributed by atoms with Gasteiger partial charge in [0.25, 0.3) is 0 Å². The summed E-state index contributed by atoms with van der Waals surface area (Å²) in [6.07, 6.45) is 0. The number of rotatable bonds is 11. The highest BCUT2D eigenvalue weighted by molar-refractivity contribution is 5.91. The van der Waals surface area contributed by atoms with Crippen LogP contribution in [0.15, 0.2) is 71.8 Å². The number of hydrogen-bond donors (Lipinski definition) is 1. The molecule has 36 heavy (non-hydrogen) atoms. The van der Waals surface area contributed by atoms with Gasteiger partial charge in [-0.2, -0.15) is 0 Å². The molecule has 0 fully saturated rings. The van der Waals surface area contributed by atoms with Crippen molar-refractivity contribution in [3.05, 3.63) is 100 Å². The van der Waals surface area contributed by atoms with Crippen LogP contribution in [0.5, 0.6) is 11.5 Å². The number of carboxylic acids is 1. The van der Waals surface area contributed by atoms with Gasteiger partial charge in [0.2, 0.25) is 0 Å². The lowest BCUT2D eigenvalue weighted by atomic mass is 10.1. The minimum atomic E-state index is -1.08. The summed E-state index contributed by atoms with van der Waals surface area (Å²) in [5, 5.41) is 9.38. The summed E-state index contributed by atoms with van der Waals surface area (Å²) in [5.74, 6) is -1.57. The van der Waals surface area contributed by atoms with Crippen molar-refractivity contribution in [2.45, 2.75) is 34.2 Å². The molecule has 190 valence electrons. The van der Waals surface area contributed by atoms with Gasteiger partial charge in [0.05, 0.1) is 6.61 Å². The first-order valence-corrected chi connectivity index (χ1v) is 11.7. The van der Waals surface area contributed by atoms with E-state index in [9.17, 15) is 18.7 Å². The van der Waals surface area contributed by atoms with Crippen LogP contribution in [0.1, 0.15) is 42.3 Å². The summed E-state index contributed by atoms with van der Waals surface area (Å²) >= 11 is 0. The molecule has 3 rings (SSSR count). The number of carboxylic acid groups (broad SMARTS) is 1. The molecule has 0 amide bonds. The maximum Gasteiger partial charge on any atom is 0.339 e. The van der Waals surface area contributed by atoms with Crippen LogP contribution in [0.25, 0.3) is 0 Å². The van der Waals surface area contributed by atoms with Gasteiger partial charge in [-0.3, -0.25) is 0 Å². The molecule has 0 bridgehead atoms. The van der Waals surface area contributed by atoms with Crippen molar-refractivity contribution in [2.75, 3.05) is 24.7 Å². The highest BCUT2D eigenvalue weighted by Crippen LogP contribution is 2.28. The van der Waals surface area contributed by atoms with Crippen LogP contribution >= 0.6 is 0 Å². The minimum Gasteiger partial charge on any atom is -0.493 e. The normalized spacial score (nSPS) is 10.6. The Morgan fingerprint density at radius 2 is 1.67 bits per heavy atom. The van der Waals surface area contributed by atoms with Gasteiger partial charge in [-0.05, 0) is 69.2 Å². The number of aryl methyl sites for hydroxylation is 1. The first-order valence-electron chi connectivity index (χ1n) is 11.7. The Balaban J connectivity index is 1.87. The van der Waals surface area contributed by atoms with Gasteiger partial charge in [0.15, 0.2) is 0 Å². The van der Waals surface area contributed by atoms with E-state index >= 15 is 0 Å². The fourth-order valence-electron chi connectivity index (χ4n) is 3.81. The maximum atomic E-state index is 14.5. The van der Waals surface area contributed by atoms with Crippen molar-refractivity contribution in [3.8, 4) is 11.5 Å². The Morgan fingerprint density at radius 1 is 0.972 bits per heavy atom. The van der Waals surface area contributed by atoms with E-state index in [0.29, 0.717) is 18.9 Å². The third-order valence-corrected chi connectivity index (χ3v) is 5.85. The fourth-order valence-corrected chi connectivity index (χ4v) is 3.81. The molecule has 0 spiro atoms. The smallest absolute Gasteiger partial charge is 0.339 e. The van der Waals surface area contributed by atoms with Crippen molar-refractivity contribution >= 4 is 11.7 Å². The summed E-state index contributed by atoms with van der Waals surface area (Å²) in [5.41, 5.74) is 3.84. The molecule has 7 heteroatoms. The molecule has 0 atom stereocenters. The molecule has 0 radical (unpaired) electrons. The average Bonchev–Trinajstić information content (AvgIpc) is 2.83. The van der Waals surface area contributed by atoms with E-state index in [2.05, 4.69) is 0 Å². The number of anilines is 1. The van der Waals surface area contributed by atoms with E-state index in [1.807, 2.05) is 49.9 Å². The summed E-state index contributed by atoms with van der Waals surface area (Å²) in [6, 6.07) is 16.2. The first-order chi connectivity index (χ1) is 17.2. The van der Waals surface area contributed by atoms with Crippen LogP contribution in [0.3, 0.4) is 0 Å². The lowest BCUT2D eigenvalue weighted by molar-refractivity contribution is 0.0692. The number of allylic oxidation sites excluding steroid dienone is 1. The molecule has 0 heterocycles. The summed E-state index contributed by atoms with van der Waals surface area (Å²) in [6.45, 7) is 8.60. The van der Waals surface area contributed by atoms with E-state index in [0.717, 1.165) is 22.4 Å². The van der Waals surface area contributed by atoms with Crippen LogP contribution < -0.4 is 14.4 Å². The number of aromatic carboxylic acids is 1. The second-order valence-corrected chi connectivity index (χ2v) is 8.63. The molecule has 3 aromatic rings. The van der Waals surface area contributed by atoms with E-state index in [-0.39, 0.29) is 30.0 Å². The Morgan fingerprint density at radius 3 is 2.28 bits per heavy atom. The van der Waals surface area contributed by atoms with Crippen LogP contribution in [-0.4, -0.2) is 30.8 Å². The van der Waals surface area contributed by atoms with Crippen LogP contribution in [-0.2, 0) is 6.54 Å². The number of ether oxygens (including phenoxy) is 2. The fraction of sp³-hybridized carbons (Fsp3) is 0.276. The van der Waals surface area contributed by atoms with Crippen molar-refractivity contribution in [3.63, 3.8) is 0 Å². The van der Waals surface area contributed by atoms with Gasteiger partial charge in [-0.1, -0.05) is 29.8 Å². The van der Waals surface area contributed by atoms with Crippen LogP contribution in [0.2, 0.25) is 0 Å². The van der Waals surface area contributed by atoms with E-state index in [4.69, 9.17) is 9.47 Å². The molecule has 0 aliphatic carbocycles. The number of para-hydroxylation sites is 1. The second-order valence-electron chi connectivity index (χ2n) is 8.63. The van der Waals surface area contributed by atoms with Gasteiger partial charge in [-0.15, -0.1) is 0 Å². The lowest BCUT2D eigenvalue weighted by Crippen LogP contribution is -2.29. The summed E-state index contributed by atoms with van der Waals surface area (Å²) in [4.78, 5) is 13.4. The standard InChI is InChI=1S/C29H31F2NO4/c1-5-35-28-15-22(13-14-23(28)29(33)34)36-18-21(19(2)3)16-32(27-12-7-6-9-20(27)4)17-24-25(30)10-8-11-26(24)31/h6-15H,5,16-18H2,1-4H3,(H,33,34). The Kier molecular flexibility index (Phi) is 9.06. The Labute approximate surface area is 210 Å². The minimum absolute atomic E-state index is 0.000364. The topological polar surface area (TPSA) is 59.0 Å². The van der Waals surface area contributed by atoms with E-state index < -0.39 is 17.6 Å². The predicted octanol–water partition coefficient (Wildman–Crippen LogP) is 6.79. The van der Waals surface area contributed by atoms with Crippen LogP contribution in [0, 0.1) is 18.6 Å². The molecular weight excluding hydrogens is 464 g/mol. The van der Waals surface area contributed by atoms with Crippen LogP contribution in [0.4, 0.5) is 14.5 Å². The number of carbonyl (C=O) groups is 1. The predicted molar refractivity (Wildman–Crippen MR) is 137 cm³/mol. The molecule has 1 N–H and O–H groups in total. The van der Waals surface area contributed by atoms with Crippen molar-refractivity contribution < 1.29 is 28.2 Å². The second kappa shape index (κ2) is 12.2. The molecule has 0 aliphatic rings. The zero-order valence-corrected chi connectivity index (χ0v) is 21.0.